The molecule has 0 aromatic carbocycles. The summed E-state index contributed by atoms with van der Waals surface area (Å²) in [5, 5.41) is 2.93. The summed E-state index contributed by atoms with van der Waals surface area (Å²) in [4.78, 5) is 17.0. The maximum Gasteiger partial charge on any atom is 0.256 e. The number of hydrogen-bond acceptors (Lipinski definition) is 4. The Labute approximate surface area is 146 Å². The molecule has 0 saturated heterocycles. The predicted molar refractivity (Wildman–Crippen MR) is 97.6 cm³/mol. The van der Waals surface area contributed by atoms with Crippen molar-refractivity contribution in [2.24, 2.45) is 0 Å². The van der Waals surface area contributed by atoms with Crippen molar-refractivity contribution in [3.63, 3.8) is 0 Å². The van der Waals surface area contributed by atoms with Crippen molar-refractivity contribution in [2.45, 2.75) is 72.3 Å². The first kappa shape index (κ1) is 20.4. The monoisotopic (exact) mass is 336 g/mol. The molecule has 1 rings (SSSR count). The zero-order valence-corrected chi connectivity index (χ0v) is 15.8. The van der Waals surface area contributed by atoms with Crippen molar-refractivity contribution in [1.29, 1.82) is 0 Å². The Hall–Kier alpha value is -1.62. The van der Waals surface area contributed by atoms with Gasteiger partial charge in [0.15, 0.2) is 0 Å². The fraction of sp³-hybridized carbons (Fsp3) is 0.684. The predicted octanol–water partition coefficient (Wildman–Crippen LogP) is 4.49. The van der Waals surface area contributed by atoms with Gasteiger partial charge in [-0.1, -0.05) is 33.6 Å². The highest BCUT2D eigenvalue weighted by Gasteiger charge is 2.33. The summed E-state index contributed by atoms with van der Waals surface area (Å²) in [5.74, 6) is 0.499. The van der Waals surface area contributed by atoms with E-state index >= 15 is 0 Å². The second kappa shape index (κ2) is 10.3. The van der Waals surface area contributed by atoms with Crippen molar-refractivity contribution < 1.29 is 14.3 Å². The van der Waals surface area contributed by atoms with E-state index in [1.807, 2.05) is 26.8 Å². The zero-order valence-electron chi connectivity index (χ0n) is 15.8. The van der Waals surface area contributed by atoms with E-state index in [1.165, 1.54) is 0 Å². The van der Waals surface area contributed by atoms with Crippen molar-refractivity contribution >= 4 is 11.6 Å². The molecule has 0 fully saturated rings. The molecule has 1 amide bonds. The lowest BCUT2D eigenvalue weighted by molar-refractivity contribution is -0.140. The summed E-state index contributed by atoms with van der Waals surface area (Å²) in [5.41, 5.74) is 0.771. The summed E-state index contributed by atoms with van der Waals surface area (Å²) in [6, 6.07) is 1.89. The largest absolute Gasteiger partial charge is 0.477 e. The van der Waals surface area contributed by atoms with Crippen LogP contribution < -0.4 is 10.1 Å². The van der Waals surface area contributed by atoms with E-state index in [0.29, 0.717) is 31.2 Å². The first-order valence-electron chi connectivity index (χ1n) is 9.01. The van der Waals surface area contributed by atoms with Crippen molar-refractivity contribution in [3.05, 3.63) is 17.8 Å². The summed E-state index contributed by atoms with van der Waals surface area (Å²) in [7, 11) is 0. The van der Waals surface area contributed by atoms with Gasteiger partial charge < -0.3 is 14.8 Å². The van der Waals surface area contributed by atoms with Crippen LogP contribution in [0.2, 0.25) is 0 Å². The summed E-state index contributed by atoms with van der Waals surface area (Å²) in [6.45, 7) is 11.2. The number of nitrogens with one attached hydrogen (secondary N) is 1. The van der Waals surface area contributed by atoms with Crippen molar-refractivity contribution in [1.82, 2.24) is 4.98 Å². The molecule has 1 atom stereocenters. The molecule has 0 saturated carbocycles. The van der Waals surface area contributed by atoms with Crippen LogP contribution in [0.25, 0.3) is 0 Å². The lowest BCUT2D eigenvalue weighted by Crippen LogP contribution is -2.43. The molecule has 1 aromatic heterocycles. The minimum Gasteiger partial charge on any atom is -0.477 e. The molecule has 1 heterocycles. The van der Waals surface area contributed by atoms with Crippen LogP contribution in [0.1, 0.15) is 65.4 Å². The normalized spacial score (nSPS) is 13.4. The van der Waals surface area contributed by atoms with Crippen LogP contribution in [-0.4, -0.2) is 29.7 Å². The molecule has 0 aliphatic carbocycles. The lowest BCUT2D eigenvalue weighted by Gasteiger charge is -2.28. The van der Waals surface area contributed by atoms with Crippen molar-refractivity contribution in [2.75, 3.05) is 18.5 Å². The Balaban J connectivity index is 2.76. The molecule has 0 aliphatic heterocycles. The Morgan fingerprint density at radius 3 is 2.54 bits per heavy atom. The molecule has 136 valence electrons. The maximum atomic E-state index is 12.6. The first-order chi connectivity index (χ1) is 11.5. The average molecular weight is 336 g/mol. The number of aryl methyl sites for hydroxylation is 1. The fourth-order valence-electron chi connectivity index (χ4n) is 2.41. The molecule has 0 unspecified atom stereocenters. The highest BCUT2D eigenvalue weighted by molar-refractivity contribution is 5.97. The molecule has 0 radical (unpaired) electrons. The quantitative estimate of drug-likeness (QED) is 0.605. The van der Waals surface area contributed by atoms with Crippen LogP contribution in [-0.2, 0) is 9.53 Å². The number of carbonyl (C=O) groups is 1. The second-order valence-electron chi connectivity index (χ2n) is 6.33. The third-order valence-electron chi connectivity index (χ3n) is 3.86. The molecule has 0 bridgehead atoms. The number of nitrogens with zero attached hydrogens (tertiary/aromatic N) is 1. The zero-order chi connectivity index (χ0) is 18.0. The van der Waals surface area contributed by atoms with Gasteiger partial charge in [-0.2, -0.15) is 0 Å². The standard InChI is InChI=1S/C19H32N2O3/c1-6-9-12-23-17-15(4)13-16(14-20-17)21-18(22)19(5,10-7-2)24-11-8-3/h13-14H,6-12H2,1-5H3,(H,21,22)/t19-/m1/s1. The van der Waals surface area contributed by atoms with Crippen LogP contribution in [0.4, 0.5) is 5.69 Å². The van der Waals surface area contributed by atoms with E-state index < -0.39 is 5.60 Å². The van der Waals surface area contributed by atoms with E-state index in [1.54, 1.807) is 6.20 Å². The number of anilines is 1. The van der Waals surface area contributed by atoms with E-state index in [-0.39, 0.29) is 5.91 Å². The number of rotatable bonds is 11. The van der Waals surface area contributed by atoms with Crippen LogP contribution in [0.15, 0.2) is 12.3 Å². The lowest BCUT2D eigenvalue weighted by atomic mass is 9.99. The average Bonchev–Trinajstić information content (AvgIpc) is 2.55. The molecule has 1 N–H and O–H groups in total. The Bertz CT molecular complexity index is 519. The number of amides is 1. The highest BCUT2D eigenvalue weighted by atomic mass is 16.5. The Morgan fingerprint density at radius 2 is 1.96 bits per heavy atom. The third kappa shape index (κ3) is 6.11. The van der Waals surface area contributed by atoms with E-state index in [9.17, 15) is 4.79 Å². The second-order valence-corrected chi connectivity index (χ2v) is 6.33. The van der Waals surface area contributed by atoms with Crippen LogP contribution >= 0.6 is 0 Å². The van der Waals surface area contributed by atoms with Crippen LogP contribution in [0.5, 0.6) is 5.88 Å². The van der Waals surface area contributed by atoms with Gasteiger partial charge in [-0.05, 0) is 39.2 Å². The Kier molecular flexibility index (Phi) is 8.76. The summed E-state index contributed by atoms with van der Waals surface area (Å²) in [6.07, 6.45) is 6.18. The van der Waals surface area contributed by atoms with Gasteiger partial charge in [0.25, 0.3) is 5.91 Å². The maximum absolute atomic E-state index is 12.6. The van der Waals surface area contributed by atoms with Gasteiger partial charge in [-0.3, -0.25) is 4.79 Å². The number of aromatic nitrogens is 1. The topological polar surface area (TPSA) is 60.5 Å². The molecular formula is C19H32N2O3. The first-order valence-corrected chi connectivity index (χ1v) is 9.01. The van der Waals surface area contributed by atoms with Gasteiger partial charge in [0.1, 0.15) is 5.60 Å². The molecule has 1 aromatic rings. The summed E-state index contributed by atoms with van der Waals surface area (Å²) >= 11 is 0. The minimum atomic E-state index is -0.811. The number of pyridine rings is 1. The van der Waals surface area contributed by atoms with Gasteiger partial charge in [0.05, 0.1) is 18.5 Å². The molecule has 5 heteroatoms. The van der Waals surface area contributed by atoms with Crippen LogP contribution in [0, 0.1) is 6.92 Å². The fourth-order valence-corrected chi connectivity index (χ4v) is 2.41. The van der Waals surface area contributed by atoms with E-state index in [4.69, 9.17) is 9.47 Å². The smallest absolute Gasteiger partial charge is 0.256 e. The van der Waals surface area contributed by atoms with Gasteiger partial charge in [-0.25, -0.2) is 4.98 Å². The van der Waals surface area contributed by atoms with E-state index in [2.05, 4.69) is 24.1 Å². The molecule has 24 heavy (non-hydrogen) atoms. The third-order valence-corrected chi connectivity index (χ3v) is 3.86. The highest BCUT2D eigenvalue weighted by Crippen LogP contribution is 2.23. The van der Waals surface area contributed by atoms with Crippen LogP contribution in [0.3, 0.4) is 0 Å². The molecule has 0 spiro atoms. The SMILES string of the molecule is CCCCOc1ncc(NC(=O)[C@@](C)(CCC)OCCC)cc1C. The number of carbonyl (C=O) groups excluding carboxylic acids is 1. The number of unbranched alkanes of at least 4 members (excludes halogenated alkanes) is 1. The minimum absolute atomic E-state index is 0.126. The van der Waals surface area contributed by atoms with Gasteiger partial charge in [0.2, 0.25) is 5.88 Å². The van der Waals surface area contributed by atoms with Gasteiger partial charge in [0, 0.05) is 12.2 Å². The van der Waals surface area contributed by atoms with E-state index in [0.717, 1.165) is 31.2 Å². The molecular weight excluding hydrogens is 304 g/mol. The Morgan fingerprint density at radius 1 is 1.21 bits per heavy atom. The van der Waals surface area contributed by atoms with Gasteiger partial charge in [-0.15, -0.1) is 0 Å². The van der Waals surface area contributed by atoms with Crippen molar-refractivity contribution in [3.8, 4) is 5.88 Å². The molecule has 0 aliphatic rings. The number of ether oxygens (including phenoxy) is 2. The van der Waals surface area contributed by atoms with Gasteiger partial charge >= 0.3 is 0 Å². The summed E-state index contributed by atoms with van der Waals surface area (Å²) < 4.78 is 11.5. The molecule has 5 nitrogen and oxygen atoms in total. The number of hydrogen-bond donors (Lipinski definition) is 1.